The first kappa shape index (κ1) is 19.5. The molecular formula is C16H28ClN5O. The summed E-state index contributed by atoms with van der Waals surface area (Å²) in [5.41, 5.74) is 5.78. The maximum absolute atomic E-state index is 12.5. The molecule has 2 N–H and O–H groups in total. The minimum Gasteiger partial charge on any atom is -0.382 e. The normalized spacial score (nSPS) is 11.4. The molecule has 0 bridgehead atoms. The third-order valence-electron chi connectivity index (χ3n) is 3.66. The van der Waals surface area contributed by atoms with Gasteiger partial charge in [0.15, 0.2) is 0 Å². The van der Waals surface area contributed by atoms with Crippen LogP contribution in [0.3, 0.4) is 0 Å². The lowest BCUT2D eigenvalue weighted by molar-refractivity contribution is 0.177. The number of nitrogens with zero attached hydrogens (tertiary/aromatic N) is 4. The average Bonchev–Trinajstić information content (AvgIpc) is 2.45. The minimum absolute atomic E-state index is 0.133. The maximum atomic E-state index is 12.5. The Kier molecular flexibility index (Phi) is 7.09. The Morgan fingerprint density at radius 2 is 1.74 bits per heavy atom. The van der Waals surface area contributed by atoms with Crippen LogP contribution in [0.2, 0.25) is 5.02 Å². The fraction of sp³-hybridized carbons (Fsp3) is 0.625. The number of aromatic nitrogens is 1. The van der Waals surface area contributed by atoms with Crippen LogP contribution in [-0.2, 0) is 0 Å². The number of carbonyl (C=O) groups excluding carboxylic acids is 1. The van der Waals surface area contributed by atoms with Crippen LogP contribution < -0.4 is 10.6 Å². The van der Waals surface area contributed by atoms with Crippen LogP contribution in [0.15, 0.2) is 12.1 Å². The van der Waals surface area contributed by atoms with E-state index in [0.29, 0.717) is 29.5 Å². The molecule has 0 fully saturated rings. The predicted molar refractivity (Wildman–Crippen MR) is 97.1 cm³/mol. The zero-order chi connectivity index (χ0) is 17.7. The number of urea groups is 1. The Morgan fingerprint density at radius 3 is 2.17 bits per heavy atom. The van der Waals surface area contributed by atoms with Crippen LogP contribution in [0.25, 0.3) is 0 Å². The van der Waals surface area contributed by atoms with E-state index in [2.05, 4.69) is 37.6 Å². The molecule has 1 heterocycles. The molecule has 0 spiro atoms. The molecule has 0 saturated carbocycles. The minimum atomic E-state index is -0.133. The number of carbonyl (C=O) groups is 1. The van der Waals surface area contributed by atoms with Crippen LogP contribution in [0.5, 0.6) is 0 Å². The number of pyridine rings is 1. The van der Waals surface area contributed by atoms with Crippen molar-refractivity contribution in [3.8, 4) is 0 Å². The molecule has 0 aliphatic rings. The molecule has 1 aromatic rings. The zero-order valence-corrected chi connectivity index (χ0v) is 15.6. The van der Waals surface area contributed by atoms with Crippen LogP contribution in [0.4, 0.5) is 16.4 Å². The van der Waals surface area contributed by atoms with Gasteiger partial charge in [0.05, 0.1) is 5.02 Å². The van der Waals surface area contributed by atoms with Gasteiger partial charge in [-0.25, -0.2) is 9.78 Å². The van der Waals surface area contributed by atoms with E-state index in [1.54, 1.807) is 31.1 Å². The van der Waals surface area contributed by atoms with Crippen molar-refractivity contribution in [3.63, 3.8) is 0 Å². The van der Waals surface area contributed by atoms with Crippen molar-refractivity contribution in [2.45, 2.75) is 39.8 Å². The number of anilines is 2. The molecule has 0 aliphatic heterocycles. The Bertz CT molecular complexity index is 525. The predicted octanol–water partition coefficient (Wildman–Crippen LogP) is 2.92. The lowest BCUT2D eigenvalue weighted by Crippen LogP contribution is -2.47. The second-order valence-corrected chi connectivity index (χ2v) is 6.70. The van der Waals surface area contributed by atoms with E-state index >= 15 is 0 Å². The fourth-order valence-corrected chi connectivity index (χ4v) is 2.58. The number of hydrogen-bond donors (Lipinski definition) is 1. The second-order valence-electron chi connectivity index (χ2n) is 6.29. The van der Waals surface area contributed by atoms with Gasteiger partial charge in [0.1, 0.15) is 11.6 Å². The quantitative estimate of drug-likeness (QED) is 0.864. The number of halogens is 1. The first-order valence-electron chi connectivity index (χ1n) is 7.81. The molecule has 0 unspecified atom stereocenters. The average molecular weight is 342 g/mol. The molecule has 6 nitrogen and oxygen atoms in total. The summed E-state index contributed by atoms with van der Waals surface area (Å²) in [5.74, 6) is 0.739. The summed E-state index contributed by atoms with van der Waals surface area (Å²) in [6, 6.07) is 4.04. The highest BCUT2D eigenvalue weighted by Gasteiger charge is 2.22. The number of nitrogen functional groups attached to an aromatic ring is 1. The Labute approximate surface area is 144 Å². The standard InChI is InChI=1S/C16H28ClN5O/c1-11(2)21(12(3)4)9-10-22(16(23)20(5)6)14-8-7-13(17)15(18)19-14/h7-8,11-12H,9-10H2,1-6H3,(H2,18,19). The van der Waals surface area contributed by atoms with Gasteiger partial charge in [-0.15, -0.1) is 0 Å². The summed E-state index contributed by atoms with van der Waals surface area (Å²) < 4.78 is 0. The highest BCUT2D eigenvalue weighted by molar-refractivity contribution is 6.32. The maximum Gasteiger partial charge on any atom is 0.325 e. The lowest BCUT2D eigenvalue weighted by atomic mass is 10.2. The molecule has 1 aromatic heterocycles. The highest BCUT2D eigenvalue weighted by atomic mass is 35.5. The largest absolute Gasteiger partial charge is 0.382 e. The molecule has 130 valence electrons. The van der Waals surface area contributed by atoms with Crippen LogP contribution in [0, 0.1) is 0 Å². The summed E-state index contributed by atoms with van der Waals surface area (Å²) in [7, 11) is 3.44. The van der Waals surface area contributed by atoms with Crippen molar-refractivity contribution >= 4 is 29.3 Å². The monoisotopic (exact) mass is 341 g/mol. The zero-order valence-electron chi connectivity index (χ0n) is 14.9. The van der Waals surface area contributed by atoms with E-state index in [4.69, 9.17) is 17.3 Å². The fourth-order valence-electron chi connectivity index (χ4n) is 2.48. The molecule has 0 radical (unpaired) electrons. The van der Waals surface area contributed by atoms with E-state index in [9.17, 15) is 4.79 Å². The molecule has 0 atom stereocenters. The molecule has 0 aliphatic carbocycles. The molecule has 2 amide bonds. The van der Waals surface area contributed by atoms with Gasteiger partial charge in [-0.1, -0.05) is 11.6 Å². The van der Waals surface area contributed by atoms with Crippen molar-refractivity contribution in [2.24, 2.45) is 0 Å². The van der Waals surface area contributed by atoms with Crippen molar-refractivity contribution in [1.29, 1.82) is 0 Å². The molecular weight excluding hydrogens is 314 g/mol. The van der Waals surface area contributed by atoms with Crippen LogP contribution in [-0.4, -0.2) is 60.1 Å². The third kappa shape index (κ3) is 5.25. The van der Waals surface area contributed by atoms with Gasteiger partial charge < -0.3 is 10.6 Å². The lowest BCUT2D eigenvalue weighted by Gasteiger charge is -2.33. The van der Waals surface area contributed by atoms with E-state index in [1.165, 1.54) is 4.90 Å². The molecule has 23 heavy (non-hydrogen) atoms. The van der Waals surface area contributed by atoms with Crippen molar-refractivity contribution < 1.29 is 4.79 Å². The van der Waals surface area contributed by atoms with Gasteiger partial charge in [0, 0.05) is 39.3 Å². The van der Waals surface area contributed by atoms with Crippen LogP contribution in [0.1, 0.15) is 27.7 Å². The molecule has 7 heteroatoms. The van der Waals surface area contributed by atoms with E-state index < -0.39 is 0 Å². The van der Waals surface area contributed by atoms with Crippen molar-refractivity contribution in [2.75, 3.05) is 37.8 Å². The summed E-state index contributed by atoms with van der Waals surface area (Å²) in [4.78, 5) is 22.2. The van der Waals surface area contributed by atoms with Crippen molar-refractivity contribution in [3.05, 3.63) is 17.2 Å². The Morgan fingerprint density at radius 1 is 1.17 bits per heavy atom. The van der Waals surface area contributed by atoms with Crippen molar-refractivity contribution in [1.82, 2.24) is 14.8 Å². The number of hydrogen-bond acceptors (Lipinski definition) is 4. The number of rotatable bonds is 6. The topological polar surface area (TPSA) is 65.7 Å². The SMILES string of the molecule is CC(C)N(CCN(C(=O)N(C)C)c1ccc(Cl)c(N)n1)C(C)C. The van der Waals surface area contributed by atoms with E-state index in [0.717, 1.165) is 6.54 Å². The molecule has 1 rings (SSSR count). The summed E-state index contributed by atoms with van der Waals surface area (Å²) in [5, 5.41) is 0.386. The number of amides is 2. The van der Waals surface area contributed by atoms with E-state index in [1.807, 2.05) is 0 Å². The second kappa shape index (κ2) is 8.36. The highest BCUT2D eigenvalue weighted by Crippen LogP contribution is 2.21. The smallest absolute Gasteiger partial charge is 0.325 e. The summed E-state index contributed by atoms with van der Waals surface area (Å²) in [6.07, 6.45) is 0. The third-order valence-corrected chi connectivity index (χ3v) is 3.98. The van der Waals surface area contributed by atoms with Gasteiger partial charge in [0.2, 0.25) is 0 Å². The van der Waals surface area contributed by atoms with Gasteiger partial charge in [0.25, 0.3) is 0 Å². The molecule has 0 aromatic carbocycles. The van der Waals surface area contributed by atoms with Gasteiger partial charge in [-0.3, -0.25) is 9.80 Å². The molecule has 0 saturated heterocycles. The Balaban J connectivity index is 3.02. The first-order chi connectivity index (χ1) is 10.6. The van der Waals surface area contributed by atoms with Gasteiger partial charge in [-0.2, -0.15) is 0 Å². The number of nitrogens with two attached hydrogens (primary N) is 1. The first-order valence-corrected chi connectivity index (χ1v) is 8.19. The van der Waals surface area contributed by atoms with Crippen LogP contribution >= 0.6 is 11.6 Å². The van der Waals surface area contributed by atoms with E-state index in [-0.39, 0.29) is 11.8 Å². The summed E-state index contributed by atoms with van der Waals surface area (Å²) in [6.45, 7) is 9.88. The van der Waals surface area contributed by atoms with Gasteiger partial charge in [-0.05, 0) is 39.8 Å². The summed E-state index contributed by atoms with van der Waals surface area (Å²) >= 11 is 5.93. The Hall–Kier alpha value is -1.53. The van der Waals surface area contributed by atoms with Gasteiger partial charge >= 0.3 is 6.03 Å².